The summed E-state index contributed by atoms with van der Waals surface area (Å²) in [6, 6.07) is 0. The maximum absolute atomic E-state index is 4.10. The average Bonchev–Trinajstić information content (AvgIpc) is 2.34. The summed E-state index contributed by atoms with van der Waals surface area (Å²) in [6.45, 7) is 6.15. The molecule has 3 nitrogen and oxygen atoms in total. The van der Waals surface area contributed by atoms with Gasteiger partial charge in [0.25, 0.3) is 0 Å². The van der Waals surface area contributed by atoms with Crippen molar-refractivity contribution in [3.05, 3.63) is 17.7 Å². The van der Waals surface area contributed by atoms with E-state index in [1.54, 1.807) is 6.33 Å². The van der Waals surface area contributed by atoms with Crippen molar-refractivity contribution >= 4 is 6.20 Å². The summed E-state index contributed by atoms with van der Waals surface area (Å²) in [5.74, 6) is 1.01. The van der Waals surface area contributed by atoms with Crippen LogP contribution in [0.2, 0.25) is 0 Å². The van der Waals surface area contributed by atoms with Gasteiger partial charge in [0, 0.05) is 12.6 Å². The van der Waals surface area contributed by atoms with Crippen LogP contribution in [0, 0.1) is 0 Å². The van der Waals surface area contributed by atoms with Gasteiger partial charge in [-0.25, -0.2) is 9.67 Å². The molecule has 0 atom stereocenters. The van der Waals surface area contributed by atoms with E-state index < -0.39 is 0 Å². The van der Waals surface area contributed by atoms with Crippen LogP contribution in [0.15, 0.2) is 11.9 Å². The van der Waals surface area contributed by atoms with E-state index in [1.807, 2.05) is 24.7 Å². The third-order valence-corrected chi connectivity index (χ3v) is 1.34. The third-order valence-electron chi connectivity index (χ3n) is 1.34. The minimum atomic E-state index is 0.920. The molecule has 11 heavy (non-hydrogen) atoms. The van der Waals surface area contributed by atoms with E-state index in [9.17, 15) is 0 Å². The van der Waals surface area contributed by atoms with E-state index in [-0.39, 0.29) is 0 Å². The molecule has 0 fully saturated rings. The van der Waals surface area contributed by atoms with E-state index in [2.05, 4.69) is 17.0 Å². The van der Waals surface area contributed by atoms with Crippen LogP contribution in [0.5, 0.6) is 0 Å². The molecule has 3 heteroatoms. The molecule has 0 radical (unpaired) electrons. The van der Waals surface area contributed by atoms with E-state index >= 15 is 0 Å². The molecule has 0 aliphatic carbocycles. The molecule has 0 saturated heterocycles. The highest BCUT2D eigenvalue weighted by Crippen LogP contribution is 1.98. The zero-order chi connectivity index (χ0) is 8.27. The molecule has 0 amide bonds. The Kier molecular flexibility index (Phi) is 2.41. The summed E-state index contributed by atoms with van der Waals surface area (Å²) >= 11 is 0. The molecule has 0 aliphatic heterocycles. The Morgan fingerprint density at radius 2 is 2.36 bits per heavy atom. The summed E-state index contributed by atoms with van der Waals surface area (Å²) in [4.78, 5) is 4.10. The smallest absolute Gasteiger partial charge is 0.138 e. The third kappa shape index (κ3) is 1.90. The Bertz CT molecular complexity index is 256. The molecule has 60 valence electrons. The van der Waals surface area contributed by atoms with Crippen LogP contribution in [-0.4, -0.2) is 14.8 Å². The maximum Gasteiger partial charge on any atom is 0.138 e. The van der Waals surface area contributed by atoms with Gasteiger partial charge in [-0.1, -0.05) is 12.5 Å². The number of aromatic nitrogens is 3. The SMILES string of the molecule is CCc1ncnn1C=C(C)C. The van der Waals surface area contributed by atoms with E-state index in [0.717, 1.165) is 12.2 Å². The Morgan fingerprint density at radius 3 is 2.91 bits per heavy atom. The lowest BCUT2D eigenvalue weighted by Gasteiger charge is -1.96. The van der Waals surface area contributed by atoms with Gasteiger partial charge in [0.15, 0.2) is 0 Å². The quantitative estimate of drug-likeness (QED) is 0.644. The summed E-state index contributed by atoms with van der Waals surface area (Å²) in [5.41, 5.74) is 1.23. The molecule has 0 spiro atoms. The largest absolute Gasteiger partial charge is 0.225 e. The van der Waals surface area contributed by atoms with E-state index in [0.29, 0.717) is 0 Å². The fourth-order valence-corrected chi connectivity index (χ4v) is 0.880. The second kappa shape index (κ2) is 3.32. The van der Waals surface area contributed by atoms with Crippen molar-refractivity contribution in [1.82, 2.24) is 14.8 Å². The average molecular weight is 151 g/mol. The standard InChI is InChI=1S/C8H13N3/c1-4-8-9-6-10-11(8)5-7(2)3/h5-6H,4H2,1-3H3. The predicted octanol–water partition coefficient (Wildman–Crippen LogP) is 1.72. The first-order valence-electron chi connectivity index (χ1n) is 3.77. The van der Waals surface area contributed by atoms with Crippen LogP contribution in [0.1, 0.15) is 26.6 Å². The molecular formula is C8H13N3. The molecule has 0 saturated carbocycles. The number of allylic oxidation sites excluding steroid dienone is 1. The number of hydrogen-bond donors (Lipinski definition) is 0. The Labute approximate surface area is 66.8 Å². The van der Waals surface area contributed by atoms with Gasteiger partial charge in [0.1, 0.15) is 12.2 Å². The van der Waals surface area contributed by atoms with E-state index in [4.69, 9.17) is 0 Å². The highest BCUT2D eigenvalue weighted by Gasteiger charge is 1.96. The zero-order valence-corrected chi connectivity index (χ0v) is 7.20. The molecule has 0 aromatic carbocycles. The number of hydrogen-bond acceptors (Lipinski definition) is 2. The number of nitrogens with zero attached hydrogens (tertiary/aromatic N) is 3. The van der Waals surface area contributed by atoms with Crippen LogP contribution < -0.4 is 0 Å². The Hall–Kier alpha value is -1.12. The first-order valence-corrected chi connectivity index (χ1v) is 3.77. The van der Waals surface area contributed by atoms with Crippen LogP contribution >= 0.6 is 0 Å². The first-order chi connectivity index (χ1) is 5.24. The van der Waals surface area contributed by atoms with Gasteiger partial charge in [-0.2, -0.15) is 5.10 Å². The molecule has 0 unspecified atom stereocenters. The lowest BCUT2D eigenvalue weighted by atomic mass is 10.4. The zero-order valence-electron chi connectivity index (χ0n) is 7.20. The second-order valence-corrected chi connectivity index (χ2v) is 2.68. The monoisotopic (exact) mass is 151 g/mol. The highest BCUT2D eigenvalue weighted by molar-refractivity contribution is 5.26. The fraction of sp³-hybridized carbons (Fsp3) is 0.500. The number of aryl methyl sites for hydroxylation is 1. The van der Waals surface area contributed by atoms with Gasteiger partial charge in [-0.05, 0) is 13.8 Å². The first kappa shape index (κ1) is 7.98. The van der Waals surface area contributed by atoms with Crippen molar-refractivity contribution in [3.8, 4) is 0 Å². The van der Waals surface area contributed by atoms with Gasteiger partial charge < -0.3 is 0 Å². The number of rotatable bonds is 2. The topological polar surface area (TPSA) is 30.7 Å². The summed E-state index contributed by atoms with van der Waals surface area (Å²) in [7, 11) is 0. The summed E-state index contributed by atoms with van der Waals surface area (Å²) in [5, 5.41) is 4.06. The normalized spacial score (nSPS) is 9.73. The summed E-state index contributed by atoms with van der Waals surface area (Å²) < 4.78 is 1.81. The molecule has 0 aliphatic rings. The van der Waals surface area contributed by atoms with Crippen molar-refractivity contribution in [3.63, 3.8) is 0 Å². The van der Waals surface area contributed by atoms with Gasteiger partial charge in [-0.15, -0.1) is 0 Å². The highest BCUT2D eigenvalue weighted by atomic mass is 15.3. The van der Waals surface area contributed by atoms with Gasteiger partial charge in [-0.3, -0.25) is 0 Å². The van der Waals surface area contributed by atoms with Crippen molar-refractivity contribution in [2.45, 2.75) is 27.2 Å². The fourth-order valence-electron chi connectivity index (χ4n) is 0.880. The Balaban J connectivity index is 2.93. The van der Waals surface area contributed by atoms with Crippen LogP contribution in [-0.2, 0) is 6.42 Å². The van der Waals surface area contributed by atoms with Crippen molar-refractivity contribution in [2.24, 2.45) is 0 Å². The molecule has 0 bridgehead atoms. The van der Waals surface area contributed by atoms with Gasteiger partial charge in [0.2, 0.25) is 0 Å². The van der Waals surface area contributed by atoms with Crippen LogP contribution in [0.3, 0.4) is 0 Å². The lowest BCUT2D eigenvalue weighted by molar-refractivity contribution is 0.836. The second-order valence-electron chi connectivity index (χ2n) is 2.68. The van der Waals surface area contributed by atoms with Crippen LogP contribution in [0.4, 0.5) is 0 Å². The molecule has 1 heterocycles. The minimum Gasteiger partial charge on any atom is -0.225 e. The van der Waals surface area contributed by atoms with Gasteiger partial charge in [0.05, 0.1) is 0 Å². The van der Waals surface area contributed by atoms with Crippen molar-refractivity contribution < 1.29 is 0 Å². The van der Waals surface area contributed by atoms with E-state index in [1.165, 1.54) is 5.57 Å². The molecule has 1 aromatic heterocycles. The maximum atomic E-state index is 4.10. The van der Waals surface area contributed by atoms with Crippen LogP contribution in [0.25, 0.3) is 6.20 Å². The lowest BCUT2D eigenvalue weighted by Crippen LogP contribution is -1.96. The van der Waals surface area contributed by atoms with Crippen molar-refractivity contribution in [2.75, 3.05) is 0 Å². The minimum absolute atomic E-state index is 0.920. The predicted molar refractivity (Wildman–Crippen MR) is 45.0 cm³/mol. The van der Waals surface area contributed by atoms with Crippen molar-refractivity contribution in [1.29, 1.82) is 0 Å². The summed E-state index contributed by atoms with van der Waals surface area (Å²) in [6.07, 6.45) is 4.48. The molecule has 0 N–H and O–H groups in total. The molecule has 1 aromatic rings. The van der Waals surface area contributed by atoms with Gasteiger partial charge >= 0.3 is 0 Å². The Morgan fingerprint density at radius 1 is 1.64 bits per heavy atom. The molecule has 1 rings (SSSR count). The molecular weight excluding hydrogens is 138 g/mol.